The molecule has 0 atom stereocenters. The lowest BCUT2D eigenvalue weighted by Gasteiger charge is -2.36. The number of nitrogens with zero attached hydrogens (tertiary/aromatic N) is 7. The van der Waals surface area contributed by atoms with E-state index in [0.717, 1.165) is 11.8 Å². The number of halogens is 4. The fourth-order valence-electron chi connectivity index (χ4n) is 4.11. The van der Waals surface area contributed by atoms with E-state index in [9.17, 15) is 13.2 Å². The molecule has 0 spiro atoms. The largest absolute Gasteiger partial charge is 0.419 e. The molecule has 2 aliphatic heterocycles. The summed E-state index contributed by atoms with van der Waals surface area (Å²) in [5, 5.41) is 3.81. The minimum atomic E-state index is -4.47. The first-order chi connectivity index (χ1) is 17.4. The van der Waals surface area contributed by atoms with E-state index in [1.165, 1.54) is 12.3 Å². The van der Waals surface area contributed by atoms with Gasteiger partial charge in [-0.05, 0) is 36.4 Å². The van der Waals surface area contributed by atoms with Crippen molar-refractivity contribution in [2.24, 2.45) is 0 Å². The highest BCUT2D eigenvalue weighted by Crippen LogP contribution is 2.35. The van der Waals surface area contributed by atoms with Crippen molar-refractivity contribution in [2.45, 2.75) is 6.18 Å². The molecule has 1 N–H and O–H groups in total. The maximum Gasteiger partial charge on any atom is 0.419 e. The van der Waals surface area contributed by atoms with Crippen LogP contribution >= 0.6 is 11.6 Å². The molecule has 2 fully saturated rings. The van der Waals surface area contributed by atoms with E-state index in [1.807, 2.05) is 21.9 Å². The number of hydrogen-bond acceptors (Lipinski definition) is 9. The van der Waals surface area contributed by atoms with E-state index in [4.69, 9.17) is 16.3 Å². The molecule has 2 aromatic heterocycles. The summed E-state index contributed by atoms with van der Waals surface area (Å²) < 4.78 is 45.9. The van der Waals surface area contributed by atoms with E-state index < -0.39 is 11.7 Å². The molecule has 0 aliphatic carbocycles. The average Bonchev–Trinajstić information content (AvgIpc) is 2.90. The lowest BCUT2D eigenvalue weighted by Crippen LogP contribution is -2.48. The Morgan fingerprint density at radius 1 is 0.806 bits per heavy atom. The van der Waals surface area contributed by atoms with Crippen LogP contribution in [0.4, 0.5) is 42.5 Å². The standard InChI is InChI=1S/C23H24ClF3N8O/c24-16-3-5-17(6-4-16)29-20-30-21(32-22(31-20)35-12-14-36-15-13-35)34-10-8-33(9-11-34)19-18(23(25,26)27)2-1-7-28-19/h1-7H,8-15H2,(H,29,30,31,32). The van der Waals surface area contributed by atoms with Gasteiger partial charge in [0.2, 0.25) is 17.8 Å². The Hall–Kier alpha value is -3.38. The molecule has 9 nitrogen and oxygen atoms in total. The van der Waals surface area contributed by atoms with Gasteiger partial charge in [0.05, 0.1) is 18.8 Å². The summed E-state index contributed by atoms with van der Waals surface area (Å²) in [7, 11) is 0. The van der Waals surface area contributed by atoms with Crippen molar-refractivity contribution in [3.63, 3.8) is 0 Å². The highest BCUT2D eigenvalue weighted by atomic mass is 35.5. The van der Waals surface area contributed by atoms with Crippen molar-refractivity contribution in [2.75, 3.05) is 72.5 Å². The van der Waals surface area contributed by atoms with E-state index in [-0.39, 0.29) is 5.82 Å². The molecule has 1 aromatic carbocycles. The number of benzene rings is 1. The van der Waals surface area contributed by atoms with Crippen LogP contribution in [0.25, 0.3) is 0 Å². The maximum absolute atomic E-state index is 13.5. The van der Waals surface area contributed by atoms with Crippen molar-refractivity contribution in [1.82, 2.24) is 19.9 Å². The van der Waals surface area contributed by atoms with Crippen LogP contribution in [0.5, 0.6) is 0 Å². The average molecular weight is 521 g/mol. The van der Waals surface area contributed by atoms with Crippen LogP contribution in [0.2, 0.25) is 5.02 Å². The molecule has 0 bridgehead atoms. The maximum atomic E-state index is 13.5. The van der Waals surface area contributed by atoms with Gasteiger partial charge < -0.3 is 24.8 Å². The van der Waals surface area contributed by atoms with Crippen LogP contribution in [0.3, 0.4) is 0 Å². The number of pyridine rings is 1. The highest BCUT2D eigenvalue weighted by molar-refractivity contribution is 6.30. The molecule has 4 heterocycles. The van der Waals surface area contributed by atoms with Crippen molar-refractivity contribution in [3.8, 4) is 0 Å². The highest BCUT2D eigenvalue weighted by Gasteiger charge is 2.36. The molecule has 13 heteroatoms. The normalized spacial score (nSPS) is 16.8. The van der Waals surface area contributed by atoms with Crippen molar-refractivity contribution in [3.05, 3.63) is 53.2 Å². The smallest absolute Gasteiger partial charge is 0.378 e. The van der Waals surface area contributed by atoms with Gasteiger partial charge >= 0.3 is 6.18 Å². The summed E-state index contributed by atoms with van der Waals surface area (Å²) in [6.07, 6.45) is -3.09. The number of aromatic nitrogens is 4. The topological polar surface area (TPSA) is 82.5 Å². The summed E-state index contributed by atoms with van der Waals surface area (Å²) >= 11 is 5.99. The number of ether oxygens (including phenoxy) is 1. The Kier molecular flexibility index (Phi) is 6.97. The zero-order valence-electron chi connectivity index (χ0n) is 19.2. The molecule has 3 aromatic rings. The van der Waals surface area contributed by atoms with E-state index >= 15 is 0 Å². The number of nitrogens with one attached hydrogen (secondary N) is 1. The zero-order chi connectivity index (χ0) is 25.1. The van der Waals surface area contributed by atoms with E-state index in [0.29, 0.717) is 75.3 Å². The van der Waals surface area contributed by atoms with Crippen LogP contribution in [-0.2, 0) is 10.9 Å². The van der Waals surface area contributed by atoms with E-state index in [1.54, 1.807) is 17.0 Å². The fraction of sp³-hybridized carbons (Fsp3) is 0.391. The van der Waals surface area contributed by atoms with Gasteiger partial charge in [-0.2, -0.15) is 28.1 Å². The van der Waals surface area contributed by atoms with Gasteiger partial charge in [0.1, 0.15) is 5.82 Å². The number of rotatable bonds is 5. The van der Waals surface area contributed by atoms with Gasteiger partial charge in [-0.25, -0.2) is 4.98 Å². The monoisotopic (exact) mass is 520 g/mol. The van der Waals surface area contributed by atoms with Crippen molar-refractivity contribution >= 4 is 41.0 Å². The van der Waals surface area contributed by atoms with E-state index in [2.05, 4.69) is 25.3 Å². The summed E-state index contributed by atoms with van der Waals surface area (Å²) in [6.45, 7) is 4.00. The minimum Gasteiger partial charge on any atom is -0.378 e. The molecule has 0 radical (unpaired) electrons. The molecule has 5 rings (SSSR count). The summed E-state index contributed by atoms with van der Waals surface area (Å²) in [6, 6.07) is 9.54. The van der Waals surface area contributed by atoms with Gasteiger partial charge in [-0.1, -0.05) is 11.6 Å². The Balaban J connectivity index is 1.37. The molecule has 190 valence electrons. The number of morpholine rings is 1. The predicted octanol–water partition coefficient (Wildman–Crippen LogP) is 3.85. The SMILES string of the molecule is FC(F)(F)c1cccnc1N1CCN(c2nc(Nc3ccc(Cl)cc3)nc(N3CCOCC3)n2)CC1. The molecule has 0 amide bonds. The first kappa shape index (κ1) is 24.3. The summed E-state index contributed by atoms with van der Waals surface area (Å²) in [5.74, 6) is 1.29. The molecule has 2 aliphatic rings. The van der Waals surface area contributed by atoms with Gasteiger partial charge in [0.25, 0.3) is 0 Å². The molecule has 36 heavy (non-hydrogen) atoms. The first-order valence-electron chi connectivity index (χ1n) is 11.5. The molecule has 2 saturated heterocycles. The first-order valence-corrected chi connectivity index (χ1v) is 11.9. The Morgan fingerprint density at radius 3 is 2.06 bits per heavy atom. The van der Waals surface area contributed by atoms with Crippen LogP contribution in [-0.4, -0.2) is 72.4 Å². The van der Waals surface area contributed by atoms with Crippen LogP contribution in [0, 0.1) is 0 Å². The lowest BCUT2D eigenvalue weighted by atomic mass is 10.2. The van der Waals surface area contributed by atoms with Gasteiger partial charge in [0, 0.05) is 56.2 Å². The number of piperazine rings is 1. The van der Waals surface area contributed by atoms with Crippen LogP contribution < -0.4 is 20.0 Å². The molecule has 0 saturated carbocycles. The summed E-state index contributed by atoms with van der Waals surface area (Å²) in [5.41, 5.74) is 0.0341. The third kappa shape index (κ3) is 5.54. The Morgan fingerprint density at radius 2 is 1.42 bits per heavy atom. The molecular weight excluding hydrogens is 497 g/mol. The van der Waals surface area contributed by atoms with Gasteiger partial charge in [0.15, 0.2) is 0 Å². The third-order valence-corrected chi connectivity index (χ3v) is 6.21. The number of hydrogen-bond donors (Lipinski definition) is 1. The second-order valence-electron chi connectivity index (χ2n) is 8.34. The second-order valence-corrected chi connectivity index (χ2v) is 8.77. The van der Waals surface area contributed by atoms with Crippen molar-refractivity contribution < 1.29 is 17.9 Å². The second kappa shape index (κ2) is 10.3. The predicted molar refractivity (Wildman–Crippen MR) is 131 cm³/mol. The third-order valence-electron chi connectivity index (χ3n) is 5.96. The fourth-order valence-corrected chi connectivity index (χ4v) is 4.23. The molecule has 0 unspecified atom stereocenters. The quantitative estimate of drug-likeness (QED) is 0.539. The van der Waals surface area contributed by atoms with Crippen LogP contribution in [0.15, 0.2) is 42.6 Å². The Labute approximate surface area is 210 Å². The van der Waals surface area contributed by atoms with Crippen LogP contribution in [0.1, 0.15) is 5.56 Å². The van der Waals surface area contributed by atoms with Crippen molar-refractivity contribution in [1.29, 1.82) is 0 Å². The van der Waals surface area contributed by atoms with Gasteiger partial charge in [-0.15, -0.1) is 0 Å². The number of alkyl halides is 3. The minimum absolute atomic E-state index is 0.0561. The summed E-state index contributed by atoms with van der Waals surface area (Å²) in [4.78, 5) is 23.5. The number of anilines is 5. The molecular formula is C23H24ClF3N8O. The van der Waals surface area contributed by atoms with Gasteiger partial charge in [-0.3, -0.25) is 0 Å². The Bertz CT molecular complexity index is 1180. The lowest BCUT2D eigenvalue weighted by molar-refractivity contribution is -0.137. The zero-order valence-corrected chi connectivity index (χ0v) is 20.0.